The topological polar surface area (TPSA) is 60.9 Å². The van der Waals surface area contributed by atoms with Crippen LogP contribution in [-0.2, 0) is 6.54 Å². The van der Waals surface area contributed by atoms with Crippen LogP contribution in [0.2, 0.25) is 0 Å². The molecule has 2 aromatic heterocycles. The lowest BCUT2D eigenvalue weighted by atomic mass is 10.2. The lowest BCUT2D eigenvalue weighted by Crippen LogP contribution is -2.31. The second kappa shape index (κ2) is 5.09. The fraction of sp³-hybridized carbons (Fsp3) is 0.417. The SMILES string of the molecule is CCC(CO)NCc1c[nH]c2ncccc12. The van der Waals surface area contributed by atoms with Gasteiger partial charge in [0.05, 0.1) is 6.61 Å². The molecule has 1 atom stereocenters. The maximum Gasteiger partial charge on any atom is 0.137 e. The summed E-state index contributed by atoms with van der Waals surface area (Å²) in [7, 11) is 0. The molecule has 0 amide bonds. The van der Waals surface area contributed by atoms with E-state index in [1.807, 2.05) is 12.3 Å². The van der Waals surface area contributed by atoms with E-state index < -0.39 is 0 Å². The van der Waals surface area contributed by atoms with Gasteiger partial charge in [0.15, 0.2) is 0 Å². The number of nitrogens with one attached hydrogen (secondary N) is 2. The molecule has 1 unspecified atom stereocenters. The number of H-pyrrole nitrogens is 1. The van der Waals surface area contributed by atoms with Crippen LogP contribution < -0.4 is 5.32 Å². The van der Waals surface area contributed by atoms with Crippen molar-refractivity contribution in [1.82, 2.24) is 15.3 Å². The molecule has 0 aliphatic carbocycles. The van der Waals surface area contributed by atoms with E-state index in [4.69, 9.17) is 5.11 Å². The Balaban J connectivity index is 2.09. The van der Waals surface area contributed by atoms with Crippen molar-refractivity contribution >= 4 is 11.0 Å². The van der Waals surface area contributed by atoms with Gasteiger partial charge in [-0.1, -0.05) is 6.92 Å². The van der Waals surface area contributed by atoms with E-state index in [1.165, 1.54) is 5.56 Å². The standard InChI is InChI=1S/C12H17N3O/c1-2-10(8-16)14-6-9-7-15-12-11(9)4-3-5-13-12/h3-5,7,10,14,16H,2,6,8H2,1H3,(H,13,15). The van der Waals surface area contributed by atoms with Crippen molar-refractivity contribution in [3.63, 3.8) is 0 Å². The van der Waals surface area contributed by atoms with Gasteiger partial charge in [-0.25, -0.2) is 4.98 Å². The zero-order valence-electron chi connectivity index (χ0n) is 9.40. The molecule has 0 saturated carbocycles. The number of hydrogen-bond donors (Lipinski definition) is 3. The van der Waals surface area contributed by atoms with Crippen LogP contribution in [0.5, 0.6) is 0 Å². The van der Waals surface area contributed by atoms with Crippen LogP contribution >= 0.6 is 0 Å². The van der Waals surface area contributed by atoms with E-state index in [0.29, 0.717) is 0 Å². The highest BCUT2D eigenvalue weighted by atomic mass is 16.3. The first-order valence-electron chi connectivity index (χ1n) is 5.60. The zero-order chi connectivity index (χ0) is 11.4. The fourth-order valence-corrected chi connectivity index (χ4v) is 1.75. The molecule has 2 rings (SSSR count). The van der Waals surface area contributed by atoms with E-state index >= 15 is 0 Å². The zero-order valence-corrected chi connectivity index (χ0v) is 9.40. The summed E-state index contributed by atoms with van der Waals surface area (Å²) in [5, 5.41) is 13.5. The van der Waals surface area contributed by atoms with Crippen molar-refractivity contribution in [3.8, 4) is 0 Å². The number of pyridine rings is 1. The van der Waals surface area contributed by atoms with E-state index in [9.17, 15) is 0 Å². The van der Waals surface area contributed by atoms with Gasteiger partial charge in [-0.05, 0) is 24.1 Å². The molecule has 0 aliphatic rings. The predicted octanol–water partition coefficient (Wildman–Crippen LogP) is 1.42. The first-order chi connectivity index (χ1) is 7.85. The molecule has 16 heavy (non-hydrogen) atoms. The minimum Gasteiger partial charge on any atom is -0.395 e. The maximum atomic E-state index is 9.09. The Kier molecular flexibility index (Phi) is 3.54. The smallest absolute Gasteiger partial charge is 0.137 e. The van der Waals surface area contributed by atoms with Crippen LogP contribution in [0.25, 0.3) is 11.0 Å². The average molecular weight is 219 g/mol. The molecule has 3 N–H and O–H groups in total. The number of nitrogens with zero attached hydrogens (tertiary/aromatic N) is 1. The summed E-state index contributed by atoms with van der Waals surface area (Å²) in [5.74, 6) is 0. The van der Waals surface area contributed by atoms with Gasteiger partial charge in [0.2, 0.25) is 0 Å². The average Bonchev–Trinajstić information content (AvgIpc) is 2.74. The lowest BCUT2D eigenvalue weighted by molar-refractivity contribution is 0.238. The molecule has 4 heteroatoms. The summed E-state index contributed by atoms with van der Waals surface area (Å²) >= 11 is 0. The van der Waals surface area contributed by atoms with Crippen LogP contribution in [0.4, 0.5) is 0 Å². The number of rotatable bonds is 5. The van der Waals surface area contributed by atoms with E-state index in [-0.39, 0.29) is 12.6 Å². The summed E-state index contributed by atoms with van der Waals surface area (Å²) in [6.07, 6.45) is 4.67. The monoisotopic (exact) mass is 219 g/mol. The summed E-state index contributed by atoms with van der Waals surface area (Å²) in [5.41, 5.74) is 2.10. The van der Waals surface area contributed by atoms with Gasteiger partial charge in [0, 0.05) is 30.4 Å². The molecule has 0 aromatic carbocycles. The van der Waals surface area contributed by atoms with Crippen LogP contribution in [0, 0.1) is 0 Å². The van der Waals surface area contributed by atoms with Gasteiger partial charge >= 0.3 is 0 Å². The molecule has 0 radical (unpaired) electrons. The number of aromatic nitrogens is 2. The summed E-state index contributed by atoms with van der Waals surface area (Å²) in [4.78, 5) is 7.37. The van der Waals surface area contributed by atoms with Gasteiger partial charge in [-0.2, -0.15) is 0 Å². The van der Waals surface area contributed by atoms with E-state index in [0.717, 1.165) is 24.0 Å². The highest BCUT2D eigenvalue weighted by Gasteiger charge is 2.06. The summed E-state index contributed by atoms with van der Waals surface area (Å²) in [6.45, 7) is 2.99. The molecule has 86 valence electrons. The molecular weight excluding hydrogens is 202 g/mol. The predicted molar refractivity (Wildman–Crippen MR) is 64.1 cm³/mol. The summed E-state index contributed by atoms with van der Waals surface area (Å²) < 4.78 is 0. The number of aromatic amines is 1. The Morgan fingerprint density at radius 1 is 1.56 bits per heavy atom. The Hall–Kier alpha value is -1.39. The van der Waals surface area contributed by atoms with E-state index in [2.05, 4.69) is 28.3 Å². The van der Waals surface area contributed by atoms with Gasteiger partial charge in [-0.3, -0.25) is 0 Å². The van der Waals surface area contributed by atoms with E-state index in [1.54, 1.807) is 6.20 Å². The first kappa shape index (κ1) is 11.1. The first-order valence-corrected chi connectivity index (χ1v) is 5.60. The largest absolute Gasteiger partial charge is 0.395 e. The second-order valence-electron chi connectivity index (χ2n) is 3.88. The quantitative estimate of drug-likeness (QED) is 0.712. The molecule has 0 saturated heterocycles. The van der Waals surface area contributed by atoms with Crippen molar-refractivity contribution in [3.05, 3.63) is 30.1 Å². The highest BCUT2D eigenvalue weighted by Crippen LogP contribution is 2.15. The number of fused-ring (bicyclic) bond motifs is 1. The van der Waals surface area contributed by atoms with Crippen molar-refractivity contribution in [2.24, 2.45) is 0 Å². The van der Waals surface area contributed by atoms with Crippen molar-refractivity contribution in [2.45, 2.75) is 25.9 Å². The molecule has 2 aromatic rings. The van der Waals surface area contributed by atoms with Crippen molar-refractivity contribution in [2.75, 3.05) is 6.61 Å². The van der Waals surface area contributed by atoms with Crippen LogP contribution in [0.15, 0.2) is 24.5 Å². The molecule has 0 fully saturated rings. The highest BCUT2D eigenvalue weighted by molar-refractivity contribution is 5.79. The van der Waals surface area contributed by atoms with Crippen molar-refractivity contribution < 1.29 is 5.11 Å². The second-order valence-corrected chi connectivity index (χ2v) is 3.88. The number of aliphatic hydroxyl groups is 1. The van der Waals surface area contributed by atoms with Crippen LogP contribution in [0.3, 0.4) is 0 Å². The molecule has 0 bridgehead atoms. The van der Waals surface area contributed by atoms with Gasteiger partial charge < -0.3 is 15.4 Å². The minimum absolute atomic E-state index is 0.168. The molecule has 4 nitrogen and oxygen atoms in total. The van der Waals surface area contributed by atoms with Gasteiger partial charge in [-0.15, -0.1) is 0 Å². The molecule has 2 heterocycles. The lowest BCUT2D eigenvalue weighted by Gasteiger charge is -2.13. The maximum absolute atomic E-state index is 9.09. The van der Waals surface area contributed by atoms with Gasteiger partial charge in [0.1, 0.15) is 5.65 Å². The molecular formula is C12H17N3O. The normalized spacial score (nSPS) is 13.1. The number of hydrogen-bond acceptors (Lipinski definition) is 3. The Bertz CT molecular complexity index is 448. The third-order valence-corrected chi connectivity index (χ3v) is 2.83. The third kappa shape index (κ3) is 2.23. The van der Waals surface area contributed by atoms with Crippen LogP contribution in [0.1, 0.15) is 18.9 Å². The minimum atomic E-state index is 0.168. The molecule has 0 aliphatic heterocycles. The fourth-order valence-electron chi connectivity index (χ4n) is 1.75. The Labute approximate surface area is 94.7 Å². The third-order valence-electron chi connectivity index (χ3n) is 2.83. The summed E-state index contributed by atoms with van der Waals surface area (Å²) in [6, 6.07) is 4.15. The Morgan fingerprint density at radius 2 is 2.44 bits per heavy atom. The Morgan fingerprint density at radius 3 is 3.19 bits per heavy atom. The van der Waals surface area contributed by atoms with Crippen molar-refractivity contribution in [1.29, 1.82) is 0 Å². The van der Waals surface area contributed by atoms with Gasteiger partial charge in [0.25, 0.3) is 0 Å². The number of aliphatic hydroxyl groups excluding tert-OH is 1. The molecule has 0 spiro atoms. The van der Waals surface area contributed by atoms with Crippen LogP contribution in [-0.4, -0.2) is 27.7 Å².